The molecule has 2 nitrogen and oxygen atoms in total. The molecule has 0 saturated heterocycles. The van der Waals surface area contributed by atoms with E-state index in [-0.39, 0.29) is 0 Å². The first-order chi connectivity index (χ1) is 26.4. The van der Waals surface area contributed by atoms with Gasteiger partial charge in [-0.05, 0) is 34.4 Å². The monoisotopic (exact) mass is 831 g/mol. The molecule has 0 unspecified atom stereocenters. The van der Waals surface area contributed by atoms with Crippen molar-refractivity contribution in [3.8, 4) is 0 Å². The fourth-order valence-corrected chi connectivity index (χ4v) is 13.1. The summed E-state index contributed by atoms with van der Waals surface area (Å²) in [5.41, 5.74) is 0. The minimum atomic E-state index is 1.13. The van der Waals surface area contributed by atoms with Crippen molar-refractivity contribution in [2.75, 3.05) is 11.5 Å². The van der Waals surface area contributed by atoms with Crippen LogP contribution in [0, 0.1) is 0 Å². The van der Waals surface area contributed by atoms with Gasteiger partial charge in [-0.15, -0.1) is 10.2 Å². The minimum absolute atomic E-state index is 1.13. The Morgan fingerprint density at radius 3 is 0.679 bits per heavy atom. The molecule has 0 aromatic carbocycles. The molecule has 1 aromatic rings. The zero-order valence-corrected chi connectivity index (χ0v) is 39.7. The second kappa shape index (κ2) is 45.7. The molecule has 0 spiro atoms. The summed E-state index contributed by atoms with van der Waals surface area (Å²) in [6.07, 6.45) is 57.9. The van der Waals surface area contributed by atoms with Crippen LogP contribution < -0.4 is 0 Å². The Bertz CT molecular complexity index is 744. The number of hydrogen-bond donors (Lipinski definition) is 0. The van der Waals surface area contributed by atoms with Crippen molar-refractivity contribution in [1.82, 2.24) is 10.2 Å². The van der Waals surface area contributed by atoms with Crippen LogP contribution in [-0.4, -0.2) is 21.7 Å². The van der Waals surface area contributed by atoms with E-state index in [1.54, 1.807) is 11.3 Å². The predicted octanol–water partition coefficient (Wildman–Crippen LogP) is 19.7. The molecule has 1 rings (SSSR count). The van der Waals surface area contributed by atoms with E-state index in [1.165, 1.54) is 268 Å². The molecule has 0 aliphatic rings. The number of hydrogen-bond acceptors (Lipinski definition) is 7. The summed E-state index contributed by atoms with van der Waals surface area (Å²) in [6.45, 7) is 4.61. The fourth-order valence-electron chi connectivity index (χ4n) is 7.28. The van der Waals surface area contributed by atoms with Gasteiger partial charge in [0.1, 0.15) is 0 Å². The fraction of sp³-hybridized carbons (Fsp3) is 0.957. The SMILES string of the molecule is CCCCCCCCCCCCCCCCCCCCCCSSc1nnc(SSCCCCCCCCCCCCCCCCCCCCCC)s1. The summed E-state index contributed by atoms with van der Waals surface area (Å²) in [7, 11) is 7.62. The zero-order valence-electron chi connectivity index (χ0n) is 35.6. The van der Waals surface area contributed by atoms with Gasteiger partial charge in [-0.3, -0.25) is 0 Å². The molecule has 0 radical (unpaired) electrons. The highest BCUT2D eigenvalue weighted by atomic mass is 33.1. The number of aromatic nitrogens is 2. The maximum atomic E-state index is 4.42. The van der Waals surface area contributed by atoms with Crippen molar-refractivity contribution < 1.29 is 0 Å². The Morgan fingerprint density at radius 2 is 0.472 bits per heavy atom. The van der Waals surface area contributed by atoms with E-state index in [4.69, 9.17) is 0 Å². The lowest BCUT2D eigenvalue weighted by molar-refractivity contribution is 0.523. The first kappa shape index (κ1) is 52.0. The van der Waals surface area contributed by atoms with Crippen LogP contribution in [0.3, 0.4) is 0 Å². The Hall–Kier alpha value is 0.960. The Kier molecular flexibility index (Phi) is 44.8. The van der Waals surface area contributed by atoms with Gasteiger partial charge < -0.3 is 0 Å². The van der Waals surface area contributed by atoms with Crippen molar-refractivity contribution in [3.63, 3.8) is 0 Å². The highest BCUT2D eigenvalue weighted by molar-refractivity contribution is 8.77. The maximum absolute atomic E-state index is 4.42. The lowest BCUT2D eigenvalue weighted by atomic mass is 10.0. The molecule has 0 saturated carbocycles. The molecule has 0 atom stereocenters. The van der Waals surface area contributed by atoms with Crippen LogP contribution in [-0.2, 0) is 0 Å². The average Bonchev–Trinajstić information content (AvgIpc) is 3.63. The third-order valence-electron chi connectivity index (χ3n) is 10.8. The molecular formula is C46H90N2S5. The van der Waals surface area contributed by atoms with Gasteiger partial charge in [0.15, 0.2) is 8.68 Å². The van der Waals surface area contributed by atoms with Crippen LogP contribution in [0.1, 0.15) is 271 Å². The third-order valence-corrected chi connectivity index (χ3v) is 17.2. The molecule has 0 aliphatic carbocycles. The van der Waals surface area contributed by atoms with Crippen LogP contribution in [0.4, 0.5) is 0 Å². The van der Waals surface area contributed by atoms with Gasteiger partial charge in [0.2, 0.25) is 0 Å². The van der Waals surface area contributed by atoms with E-state index < -0.39 is 0 Å². The van der Waals surface area contributed by atoms with Crippen LogP contribution in [0.15, 0.2) is 8.68 Å². The number of rotatable bonds is 46. The second-order valence-corrected chi connectivity index (χ2v) is 22.4. The van der Waals surface area contributed by atoms with Crippen LogP contribution in [0.2, 0.25) is 0 Å². The molecule has 1 aromatic heterocycles. The smallest absolute Gasteiger partial charge is 0.130 e. The van der Waals surface area contributed by atoms with Gasteiger partial charge in [-0.25, -0.2) is 0 Å². The molecular weight excluding hydrogens is 741 g/mol. The van der Waals surface area contributed by atoms with Crippen molar-refractivity contribution in [2.45, 2.75) is 279 Å². The molecule has 0 fully saturated rings. The largest absolute Gasteiger partial charge is 0.185 e. The topological polar surface area (TPSA) is 25.8 Å². The minimum Gasteiger partial charge on any atom is -0.130 e. The highest BCUT2D eigenvalue weighted by Crippen LogP contribution is 2.40. The van der Waals surface area contributed by atoms with E-state index in [9.17, 15) is 0 Å². The van der Waals surface area contributed by atoms with Gasteiger partial charge in [0, 0.05) is 11.5 Å². The van der Waals surface area contributed by atoms with E-state index in [0.717, 1.165) is 8.68 Å². The van der Waals surface area contributed by atoms with E-state index in [0.29, 0.717) is 0 Å². The Morgan fingerprint density at radius 1 is 0.283 bits per heavy atom. The van der Waals surface area contributed by atoms with E-state index in [2.05, 4.69) is 24.0 Å². The molecule has 0 amide bonds. The quantitative estimate of drug-likeness (QED) is 0.0480. The summed E-state index contributed by atoms with van der Waals surface area (Å²) in [6, 6.07) is 0. The van der Waals surface area contributed by atoms with Crippen molar-refractivity contribution in [2.24, 2.45) is 0 Å². The standard InChI is InChI=1S/C46H90N2S5/c1-3-5-7-9-11-13-15-17-19-21-23-25-27-29-31-33-35-37-39-41-43-49-52-45-47-48-46(51-45)53-50-44-42-40-38-36-34-32-30-28-26-24-22-20-18-16-14-12-10-8-6-4-2/h3-44H2,1-2H3. The summed E-state index contributed by atoms with van der Waals surface area (Å²) in [4.78, 5) is 0. The van der Waals surface area contributed by atoms with Crippen LogP contribution in [0.5, 0.6) is 0 Å². The second-order valence-electron chi connectivity index (χ2n) is 16.1. The Labute approximate surface area is 353 Å². The predicted molar refractivity (Wildman–Crippen MR) is 253 cm³/mol. The third kappa shape index (κ3) is 40.9. The van der Waals surface area contributed by atoms with Gasteiger partial charge in [-0.2, -0.15) is 0 Å². The molecule has 314 valence electrons. The maximum Gasteiger partial charge on any atom is 0.185 e. The van der Waals surface area contributed by atoms with E-state index >= 15 is 0 Å². The molecule has 0 aliphatic heterocycles. The first-order valence-electron chi connectivity index (χ1n) is 23.8. The van der Waals surface area contributed by atoms with Gasteiger partial charge >= 0.3 is 0 Å². The van der Waals surface area contributed by atoms with Crippen molar-refractivity contribution in [1.29, 1.82) is 0 Å². The lowest BCUT2D eigenvalue weighted by Gasteiger charge is -2.04. The molecule has 53 heavy (non-hydrogen) atoms. The van der Waals surface area contributed by atoms with E-state index in [1.807, 2.05) is 43.2 Å². The Balaban J connectivity index is 1.73. The summed E-state index contributed by atoms with van der Waals surface area (Å²) < 4.78 is 2.26. The normalized spacial score (nSPS) is 11.7. The van der Waals surface area contributed by atoms with Crippen LogP contribution >= 0.6 is 54.5 Å². The number of unbranched alkanes of at least 4 members (excludes halogenated alkanes) is 38. The van der Waals surface area contributed by atoms with Gasteiger partial charge in [0.05, 0.1) is 0 Å². The highest BCUT2D eigenvalue weighted by Gasteiger charge is 2.07. The summed E-state index contributed by atoms with van der Waals surface area (Å²) in [5.74, 6) is 2.47. The molecule has 7 heteroatoms. The van der Waals surface area contributed by atoms with Gasteiger partial charge in [0.25, 0.3) is 0 Å². The molecule has 1 heterocycles. The summed E-state index contributed by atoms with van der Waals surface area (Å²) >= 11 is 1.78. The van der Waals surface area contributed by atoms with Crippen molar-refractivity contribution in [3.05, 3.63) is 0 Å². The number of nitrogens with zero attached hydrogens (tertiary/aromatic N) is 2. The zero-order chi connectivity index (χ0) is 37.8. The molecule has 0 N–H and O–H groups in total. The molecule has 0 bridgehead atoms. The first-order valence-corrected chi connectivity index (χ1v) is 29.2. The van der Waals surface area contributed by atoms with Crippen LogP contribution in [0.25, 0.3) is 0 Å². The van der Waals surface area contributed by atoms with Crippen molar-refractivity contribution >= 4 is 54.5 Å². The van der Waals surface area contributed by atoms with Gasteiger partial charge in [-0.1, -0.05) is 291 Å². The lowest BCUT2D eigenvalue weighted by Crippen LogP contribution is -1.84. The average molecular weight is 832 g/mol. The summed E-state index contributed by atoms with van der Waals surface area (Å²) in [5, 5.41) is 8.85.